The lowest BCUT2D eigenvalue weighted by Gasteiger charge is -2.14. The van der Waals surface area contributed by atoms with Crippen LogP contribution in [0.1, 0.15) is 5.56 Å². The van der Waals surface area contributed by atoms with E-state index in [1.807, 2.05) is 65.2 Å². The summed E-state index contributed by atoms with van der Waals surface area (Å²) < 4.78 is 2.01. The van der Waals surface area contributed by atoms with E-state index in [-0.39, 0.29) is 11.4 Å². The molecule has 36 heavy (non-hydrogen) atoms. The van der Waals surface area contributed by atoms with E-state index in [0.29, 0.717) is 34.9 Å². The van der Waals surface area contributed by atoms with Crippen LogP contribution in [-0.2, 0) is 6.54 Å². The minimum atomic E-state index is -0.449. The summed E-state index contributed by atoms with van der Waals surface area (Å²) in [6, 6.07) is 32.1. The molecule has 8 heteroatoms. The summed E-state index contributed by atoms with van der Waals surface area (Å²) >= 11 is 0. The molecule has 0 fully saturated rings. The van der Waals surface area contributed by atoms with Gasteiger partial charge in [0.15, 0.2) is 0 Å². The van der Waals surface area contributed by atoms with Gasteiger partial charge in [0.1, 0.15) is 5.82 Å². The summed E-state index contributed by atoms with van der Waals surface area (Å²) in [4.78, 5) is 27.2. The summed E-state index contributed by atoms with van der Waals surface area (Å²) in [7, 11) is 0. The highest BCUT2D eigenvalue weighted by atomic mass is 16.6. The number of nitro benzene ring substituents is 2. The molecule has 0 aliphatic rings. The van der Waals surface area contributed by atoms with Crippen molar-refractivity contribution in [1.29, 1.82) is 0 Å². The topological polar surface area (TPSA) is 104 Å². The molecule has 0 unspecified atom stereocenters. The van der Waals surface area contributed by atoms with Gasteiger partial charge in [0.2, 0.25) is 0 Å². The van der Waals surface area contributed by atoms with Crippen molar-refractivity contribution in [3.8, 4) is 33.9 Å². The number of rotatable bonds is 7. The summed E-state index contributed by atoms with van der Waals surface area (Å²) in [6.07, 6.45) is 0. The quantitative estimate of drug-likeness (QED) is 0.191. The fraction of sp³-hybridized carbons (Fsp3) is 0.0357. The molecular formula is C28H20N4O4. The summed E-state index contributed by atoms with van der Waals surface area (Å²) in [5.41, 5.74) is 4.06. The van der Waals surface area contributed by atoms with Gasteiger partial charge in [-0.25, -0.2) is 4.98 Å². The Hall–Kier alpha value is -5.11. The maximum atomic E-state index is 11.6. The molecule has 0 aliphatic carbocycles. The Morgan fingerprint density at radius 2 is 1.17 bits per heavy atom. The fourth-order valence-corrected chi connectivity index (χ4v) is 4.21. The molecular weight excluding hydrogens is 456 g/mol. The van der Waals surface area contributed by atoms with E-state index >= 15 is 0 Å². The summed E-state index contributed by atoms with van der Waals surface area (Å²) in [5, 5.41) is 23.1. The second-order valence-electron chi connectivity index (χ2n) is 8.19. The third-order valence-electron chi connectivity index (χ3n) is 5.84. The van der Waals surface area contributed by atoms with Crippen LogP contribution in [0.25, 0.3) is 33.9 Å². The number of hydrogen-bond donors (Lipinski definition) is 0. The van der Waals surface area contributed by atoms with Crippen LogP contribution < -0.4 is 0 Å². The van der Waals surface area contributed by atoms with Gasteiger partial charge in [-0.3, -0.25) is 20.2 Å². The van der Waals surface area contributed by atoms with Gasteiger partial charge in [-0.15, -0.1) is 0 Å². The molecule has 0 amide bonds. The Morgan fingerprint density at radius 1 is 0.639 bits per heavy atom. The normalized spacial score (nSPS) is 10.8. The van der Waals surface area contributed by atoms with Crippen molar-refractivity contribution in [3.63, 3.8) is 0 Å². The average molecular weight is 476 g/mol. The minimum Gasteiger partial charge on any atom is -0.319 e. The standard InChI is InChI=1S/C28H20N4O4/c33-31(34)24-15-7-13-22(17-24)26-27(23-14-8-16-25(18-23)32(35)36)30(19-20-9-3-1-4-10-20)28(29-26)21-11-5-2-6-12-21/h1-18H,19H2. The first-order valence-electron chi connectivity index (χ1n) is 11.2. The van der Waals surface area contributed by atoms with Crippen molar-refractivity contribution in [2.75, 3.05) is 0 Å². The fourth-order valence-electron chi connectivity index (χ4n) is 4.21. The molecule has 5 rings (SSSR count). The Bertz CT molecular complexity index is 1560. The molecule has 0 atom stereocenters. The monoisotopic (exact) mass is 476 g/mol. The predicted octanol–water partition coefficient (Wildman–Crippen LogP) is 6.75. The molecule has 0 saturated heterocycles. The molecule has 0 radical (unpaired) electrons. The molecule has 176 valence electrons. The maximum Gasteiger partial charge on any atom is 0.270 e. The van der Waals surface area contributed by atoms with Crippen LogP contribution in [0.4, 0.5) is 11.4 Å². The Morgan fingerprint density at radius 3 is 1.78 bits per heavy atom. The van der Waals surface area contributed by atoms with Gasteiger partial charge in [-0.1, -0.05) is 84.9 Å². The number of benzene rings is 4. The molecule has 0 aliphatic heterocycles. The molecule has 8 nitrogen and oxygen atoms in total. The van der Waals surface area contributed by atoms with E-state index in [2.05, 4.69) is 0 Å². The largest absolute Gasteiger partial charge is 0.319 e. The zero-order chi connectivity index (χ0) is 25.1. The highest BCUT2D eigenvalue weighted by molar-refractivity contribution is 5.83. The maximum absolute atomic E-state index is 11.6. The lowest BCUT2D eigenvalue weighted by molar-refractivity contribution is -0.385. The number of non-ortho nitro benzene ring substituents is 2. The summed E-state index contributed by atoms with van der Waals surface area (Å²) in [5.74, 6) is 0.655. The van der Waals surface area contributed by atoms with Gasteiger partial charge in [-0.05, 0) is 5.56 Å². The van der Waals surface area contributed by atoms with Crippen LogP contribution in [0.15, 0.2) is 109 Å². The van der Waals surface area contributed by atoms with Crippen LogP contribution in [0, 0.1) is 20.2 Å². The van der Waals surface area contributed by atoms with Crippen molar-refractivity contribution in [1.82, 2.24) is 9.55 Å². The van der Waals surface area contributed by atoms with E-state index in [1.54, 1.807) is 24.3 Å². The highest BCUT2D eigenvalue weighted by Crippen LogP contribution is 2.38. The Labute approximate surface area is 206 Å². The molecule has 0 N–H and O–H groups in total. The predicted molar refractivity (Wildman–Crippen MR) is 137 cm³/mol. The van der Waals surface area contributed by atoms with E-state index in [0.717, 1.165) is 11.1 Å². The SMILES string of the molecule is O=[N+]([O-])c1cccc(-c2nc(-c3ccccc3)n(Cc3ccccc3)c2-c2cccc([N+](=O)[O-])c2)c1. The van der Waals surface area contributed by atoms with Crippen LogP contribution in [0.5, 0.6) is 0 Å². The number of aromatic nitrogens is 2. The molecule has 1 aromatic heterocycles. The average Bonchev–Trinajstić information content (AvgIpc) is 3.29. The molecule has 0 bridgehead atoms. The minimum absolute atomic E-state index is 0.0498. The zero-order valence-corrected chi connectivity index (χ0v) is 19.0. The van der Waals surface area contributed by atoms with Crippen LogP contribution in [0.2, 0.25) is 0 Å². The first-order chi connectivity index (χ1) is 17.5. The molecule has 0 spiro atoms. The van der Waals surface area contributed by atoms with Gasteiger partial charge in [-0.2, -0.15) is 0 Å². The number of nitrogens with zero attached hydrogens (tertiary/aromatic N) is 4. The van der Waals surface area contributed by atoms with Gasteiger partial charge in [0, 0.05) is 47.5 Å². The molecule has 4 aromatic carbocycles. The first-order valence-corrected chi connectivity index (χ1v) is 11.2. The smallest absolute Gasteiger partial charge is 0.270 e. The van der Waals surface area contributed by atoms with Gasteiger partial charge >= 0.3 is 0 Å². The number of nitro groups is 2. The van der Waals surface area contributed by atoms with Crippen molar-refractivity contribution in [2.45, 2.75) is 6.54 Å². The van der Waals surface area contributed by atoms with Gasteiger partial charge < -0.3 is 4.57 Å². The second-order valence-corrected chi connectivity index (χ2v) is 8.19. The van der Waals surface area contributed by atoms with E-state index in [1.165, 1.54) is 24.3 Å². The van der Waals surface area contributed by atoms with Gasteiger partial charge in [0.05, 0.1) is 21.2 Å². The lowest BCUT2D eigenvalue weighted by atomic mass is 10.0. The molecule has 5 aromatic rings. The second kappa shape index (κ2) is 9.63. The van der Waals surface area contributed by atoms with Crippen molar-refractivity contribution < 1.29 is 9.85 Å². The lowest BCUT2D eigenvalue weighted by Crippen LogP contribution is -2.05. The Kier molecular flexibility index (Phi) is 6.07. The Balaban J connectivity index is 1.83. The van der Waals surface area contributed by atoms with Crippen molar-refractivity contribution in [2.24, 2.45) is 0 Å². The van der Waals surface area contributed by atoms with Crippen LogP contribution in [-0.4, -0.2) is 19.4 Å². The third-order valence-corrected chi connectivity index (χ3v) is 5.84. The van der Waals surface area contributed by atoms with Crippen LogP contribution in [0.3, 0.4) is 0 Å². The van der Waals surface area contributed by atoms with E-state index in [9.17, 15) is 20.2 Å². The zero-order valence-electron chi connectivity index (χ0n) is 19.0. The van der Waals surface area contributed by atoms with Crippen molar-refractivity contribution in [3.05, 3.63) is 135 Å². The van der Waals surface area contributed by atoms with Gasteiger partial charge in [0.25, 0.3) is 11.4 Å². The number of imidazole rings is 1. The van der Waals surface area contributed by atoms with Crippen molar-refractivity contribution >= 4 is 11.4 Å². The first kappa shape index (κ1) is 22.7. The number of hydrogen-bond acceptors (Lipinski definition) is 5. The molecule has 1 heterocycles. The highest BCUT2D eigenvalue weighted by Gasteiger charge is 2.23. The summed E-state index contributed by atoms with van der Waals surface area (Å²) in [6.45, 7) is 0.449. The third kappa shape index (κ3) is 4.47. The van der Waals surface area contributed by atoms with Crippen LogP contribution >= 0.6 is 0 Å². The van der Waals surface area contributed by atoms with E-state index < -0.39 is 9.85 Å². The molecule has 0 saturated carbocycles. The van der Waals surface area contributed by atoms with E-state index in [4.69, 9.17) is 4.98 Å².